The zero-order valence-electron chi connectivity index (χ0n) is 13.0. The first-order chi connectivity index (χ1) is 10.2. The van der Waals surface area contributed by atoms with Crippen molar-refractivity contribution in [1.82, 2.24) is 9.80 Å². The first kappa shape index (κ1) is 14.4. The Labute approximate surface area is 127 Å². The van der Waals surface area contributed by atoms with Crippen LogP contribution < -0.4 is 5.73 Å². The average Bonchev–Trinajstić information content (AvgIpc) is 2.84. The van der Waals surface area contributed by atoms with Crippen molar-refractivity contribution in [3.05, 3.63) is 35.9 Å². The van der Waals surface area contributed by atoms with Crippen molar-refractivity contribution >= 4 is 5.96 Å². The van der Waals surface area contributed by atoms with E-state index in [4.69, 9.17) is 5.73 Å². The second kappa shape index (κ2) is 6.06. The molecule has 0 aromatic heterocycles. The third-order valence-electron chi connectivity index (χ3n) is 5.05. The summed E-state index contributed by atoms with van der Waals surface area (Å²) in [5.41, 5.74) is 7.67. The number of nitrogens with two attached hydrogens (primary N) is 1. The maximum absolute atomic E-state index is 6.03. The number of aliphatic imine (C=N–C) groups is 1. The van der Waals surface area contributed by atoms with E-state index in [-0.39, 0.29) is 5.54 Å². The summed E-state index contributed by atoms with van der Waals surface area (Å²) in [6, 6.07) is 10.8. The molecule has 0 aliphatic carbocycles. The van der Waals surface area contributed by atoms with Gasteiger partial charge < -0.3 is 15.5 Å². The number of likely N-dealkylation sites (tertiary alicyclic amines) is 1. The normalized spacial score (nSPS) is 21.8. The van der Waals surface area contributed by atoms with Gasteiger partial charge in [-0.25, -0.2) is 0 Å². The van der Waals surface area contributed by atoms with Crippen LogP contribution in [0.3, 0.4) is 0 Å². The van der Waals surface area contributed by atoms with Gasteiger partial charge in [-0.15, -0.1) is 0 Å². The van der Waals surface area contributed by atoms with Crippen LogP contribution in [0.15, 0.2) is 35.3 Å². The Bertz CT molecular complexity index is 489. The van der Waals surface area contributed by atoms with Gasteiger partial charge in [0.05, 0.1) is 12.1 Å². The van der Waals surface area contributed by atoms with Gasteiger partial charge in [0.1, 0.15) is 0 Å². The summed E-state index contributed by atoms with van der Waals surface area (Å²) in [6.07, 6.45) is 3.50. The SMILES string of the molecule is CCN1C(N)=NCC12CCN(CCc1ccccc1)CC2. The van der Waals surface area contributed by atoms with E-state index in [9.17, 15) is 0 Å². The van der Waals surface area contributed by atoms with E-state index in [0.29, 0.717) is 0 Å². The van der Waals surface area contributed by atoms with Crippen LogP contribution in [0.4, 0.5) is 0 Å². The second-order valence-electron chi connectivity index (χ2n) is 6.22. The number of guanidine groups is 1. The lowest BCUT2D eigenvalue weighted by molar-refractivity contribution is 0.0893. The molecular formula is C17H26N4. The summed E-state index contributed by atoms with van der Waals surface area (Å²) in [7, 11) is 0. The molecule has 2 aliphatic heterocycles. The Morgan fingerprint density at radius 1 is 1.19 bits per heavy atom. The van der Waals surface area contributed by atoms with Gasteiger partial charge in [0.2, 0.25) is 0 Å². The monoisotopic (exact) mass is 286 g/mol. The van der Waals surface area contributed by atoms with Crippen molar-refractivity contribution in [2.24, 2.45) is 10.7 Å². The summed E-state index contributed by atoms with van der Waals surface area (Å²) in [5.74, 6) is 0.746. The molecule has 2 aliphatic rings. The highest BCUT2D eigenvalue weighted by molar-refractivity contribution is 5.81. The predicted molar refractivity (Wildman–Crippen MR) is 87.4 cm³/mol. The molecule has 0 amide bonds. The van der Waals surface area contributed by atoms with E-state index in [1.807, 2.05) is 0 Å². The van der Waals surface area contributed by atoms with Gasteiger partial charge in [0.25, 0.3) is 0 Å². The molecular weight excluding hydrogens is 260 g/mol. The maximum atomic E-state index is 6.03. The molecule has 3 rings (SSSR count). The molecule has 2 N–H and O–H groups in total. The molecule has 4 nitrogen and oxygen atoms in total. The number of piperidine rings is 1. The topological polar surface area (TPSA) is 44.9 Å². The lowest BCUT2D eigenvalue weighted by Crippen LogP contribution is -2.57. The van der Waals surface area contributed by atoms with Crippen molar-refractivity contribution in [3.8, 4) is 0 Å². The molecule has 0 saturated carbocycles. The van der Waals surface area contributed by atoms with Gasteiger partial charge in [-0.1, -0.05) is 30.3 Å². The van der Waals surface area contributed by atoms with Gasteiger partial charge >= 0.3 is 0 Å². The smallest absolute Gasteiger partial charge is 0.191 e. The van der Waals surface area contributed by atoms with Crippen LogP contribution in [-0.2, 0) is 6.42 Å². The van der Waals surface area contributed by atoms with E-state index >= 15 is 0 Å². The number of benzene rings is 1. The van der Waals surface area contributed by atoms with Crippen molar-refractivity contribution < 1.29 is 0 Å². The highest BCUT2D eigenvalue weighted by Gasteiger charge is 2.43. The summed E-state index contributed by atoms with van der Waals surface area (Å²) in [6.45, 7) is 7.51. The van der Waals surface area contributed by atoms with Crippen LogP contribution in [0.5, 0.6) is 0 Å². The number of hydrogen-bond acceptors (Lipinski definition) is 4. The minimum atomic E-state index is 0.210. The highest BCUT2D eigenvalue weighted by atomic mass is 15.4. The number of rotatable bonds is 4. The third kappa shape index (κ3) is 2.91. The Morgan fingerprint density at radius 3 is 2.57 bits per heavy atom. The molecule has 1 saturated heterocycles. The number of hydrogen-bond donors (Lipinski definition) is 1. The summed E-state index contributed by atoms with van der Waals surface area (Å²) in [5, 5.41) is 0. The maximum Gasteiger partial charge on any atom is 0.191 e. The Kier molecular flexibility index (Phi) is 4.15. The predicted octanol–water partition coefficient (Wildman–Crippen LogP) is 1.71. The molecule has 1 aromatic rings. The molecule has 1 fully saturated rings. The summed E-state index contributed by atoms with van der Waals surface area (Å²) >= 11 is 0. The van der Waals surface area contributed by atoms with Crippen molar-refractivity contribution in [2.75, 3.05) is 32.7 Å². The average molecular weight is 286 g/mol. The fourth-order valence-electron chi connectivity index (χ4n) is 3.69. The highest BCUT2D eigenvalue weighted by Crippen LogP contribution is 2.32. The van der Waals surface area contributed by atoms with Crippen molar-refractivity contribution in [2.45, 2.75) is 31.7 Å². The lowest BCUT2D eigenvalue weighted by Gasteiger charge is -2.45. The van der Waals surface area contributed by atoms with Gasteiger partial charge in [-0.3, -0.25) is 4.99 Å². The van der Waals surface area contributed by atoms with Crippen LogP contribution >= 0.6 is 0 Å². The van der Waals surface area contributed by atoms with Crippen LogP contribution in [0.25, 0.3) is 0 Å². The van der Waals surface area contributed by atoms with E-state index in [0.717, 1.165) is 45.1 Å². The first-order valence-electron chi connectivity index (χ1n) is 8.07. The second-order valence-corrected chi connectivity index (χ2v) is 6.22. The van der Waals surface area contributed by atoms with Crippen LogP contribution in [0, 0.1) is 0 Å². The molecule has 1 spiro atoms. The lowest BCUT2D eigenvalue weighted by atomic mass is 9.86. The third-order valence-corrected chi connectivity index (χ3v) is 5.05. The van der Waals surface area contributed by atoms with Gasteiger partial charge in [-0.05, 0) is 31.7 Å². The van der Waals surface area contributed by atoms with E-state index < -0.39 is 0 Å². The number of likely N-dealkylation sites (N-methyl/N-ethyl adjacent to an activating group) is 1. The van der Waals surface area contributed by atoms with Crippen LogP contribution in [0.2, 0.25) is 0 Å². The molecule has 2 heterocycles. The molecule has 0 unspecified atom stereocenters. The molecule has 0 atom stereocenters. The fourth-order valence-corrected chi connectivity index (χ4v) is 3.69. The molecule has 114 valence electrons. The van der Waals surface area contributed by atoms with E-state index in [2.05, 4.69) is 52.0 Å². The van der Waals surface area contributed by atoms with Crippen molar-refractivity contribution in [3.63, 3.8) is 0 Å². The minimum Gasteiger partial charge on any atom is -0.370 e. The Morgan fingerprint density at radius 2 is 1.90 bits per heavy atom. The Hall–Kier alpha value is -1.55. The van der Waals surface area contributed by atoms with Crippen LogP contribution in [0.1, 0.15) is 25.3 Å². The van der Waals surface area contributed by atoms with Gasteiger partial charge in [0, 0.05) is 26.2 Å². The Balaban J connectivity index is 1.52. The standard InChI is InChI=1S/C17H26N4/c1-2-21-16(18)19-14-17(21)9-12-20(13-10-17)11-8-15-6-4-3-5-7-15/h3-7H,2,8-14H2,1H3,(H2,18,19). The zero-order chi connectivity index (χ0) is 14.7. The van der Waals surface area contributed by atoms with Crippen LogP contribution in [-0.4, -0.2) is 54.0 Å². The van der Waals surface area contributed by atoms with Gasteiger partial charge in [-0.2, -0.15) is 0 Å². The first-order valence-corrected chi connectivity index (χ1v) is 8.07. The summed E-state index contributed by atoms with van der Waals surface area (Å²) < 4.78 is 0. The minimum absolute atomic E-state index is 0.210. The fraction of sp³-hybridized carbons (Fsp3) is 0.588. The quantitative estimate of drug-likeness (QED) is 0.916. The zero-order valence-corrected chi connectivity index (χ0v) is 13.0. The van der Waals surface area contributed by atoms with E-state index in [1.165, 1.54) is 18.4 Å². The largest absolute Gasteiger partial charge is 0.370 e. The van der Waals surface area contributed by atoms with Crippen molar-refractivity contribution in [1.29, 1.82) is 0 Å². The molecule has 1 aromatic carbocycles. The van der Waals surface area contributed by atoms with Gasteiger partial charge in [0.15, 0.2) is 5.96 Å². The molecule has 21 heavy (non-hydrogen) atoms. The molecule has 0 radical (unpaired) electrons. The molecule has 0 bridgehead atoms. The number of nitrogens with zero attached hydrogens (tertiary/aromatic N) is 3. The summed E-state index contributed by atoms with van der Waals surface area (Å²) in [4.78, 5) is 9.39. The molecule has 4 heteroatoms. The van der Waals surface area contributed by atoms with E-state index in [1.54, 1.807) is 0 Å².